The monoisotopic (exact) mass is 291 g/mol. The van der Waals surface area contributed by atoms with Gasteiger partial charge in [0.25, 0.3) is 0 Å². The van der Waals surface area contributed by atoms with Crippen molar-refractivity contribution in [2.75, 3.05) is 60.0 Å². The number of carbonyl (C=O) groups is 1. The minimum absolute atomic E-state index is 0.205. The molecule has 118 valence electrons. The summed E-state index contributed by atoms with van der Waals surface area (Å²) in [5.41, 5.74) is 5.08. The first-order valence-corrected chi connectivity index (χ1v) is 6.87. The highest BCUT2D eigenvalue weighted by molar-refractivity contribution is 5.80. The van der Waals surface area contributed by atoms with Crippen LogP contribution in [0.4, 0.5) is 0 Å². The van der Waals surface area contributed by atoms with Crippen LogP contribution in [0.2, 0.25) is 0 Å². The average Bonchev–Trinajstić information content (AvgIpc) is 2.46. The van der Waals surface area contributed by atoms with Crippen LogP contribution in [0.5, 0.6) is 0 Å². The summed E-state index contributed by atoms with van der Waals surface area (Å²) in [7, 11) is 1.62. The van der Waals surface area contributed by atoms with E-state index in [2.05, 4.69) is 0 Å². The number of nitrogens with two attached hydrogens (primary N) is 1. The molecule has 0 saturated carbocycles. The predicted octanol–water partition coefficient (Wildman–Crippen LogP) is -0.283. The second kappa shape index (κ2) is 10.1. The number of rotatable bonds is 10. The van der Waals surface area contributed by atoms with E-state index in [0.29, 0.717) is 59.1 Å². The van der Waals surface area contributed by atoms with Crippen LogP contribution in [-0.4, -0.2) is 71.5 Å². The van der Waals surface area contributed by atoms with E-state index < -0.39 is 5.54 Å². The van der Waals surface area contributed by atoms with Gasteiger partial charge in [0.05, 0.1) is 33.0 Å². The molecule has 1 fully saturated rings. The molecule has 1 saturated heterocycles. The van der Waals surface area contributed by atoms with Gasteiger partial charge in [0, 0.05) is 20.3 Å². The van der Waals surface area contributed by atoms with Gasteiger partial charge in [0.15, 0.2) is 0 Å². The van der Waals surface area contributed by atoms with Crippen LogP contribution in [0, 0.1) is 0 Å². The SMILES string of the molecule is COCCOCCOCCOC(=O)C1(N)CCOCC1. The Labute approximate surface area is 119 Å². The fourth-order valence-electron chi connectivity index (χ4n) is 1.74. The minimum atomic E-state index is -0.901. The van der Waals surface area contributed by atoms with Gasteiger partial charge < -0.3 is 29.4 Å². The van der Waals surface area contributed by atoms with Crippen LogP contribution >= 0.6 is 0 Å². The van der Waals surface area contributed by atoms with Crippen molar-refractivity contribution in [2.45, 2.75) is 18.4 Å². The molecule has 0 spiro atoms. The predicted molar refractivity (Wildman–Crippen MR) is 71.4 cm³/mol. The highest BCUT2D eigenvalue weighted by Crippen LogP contribution is 2.19. The summed E-state index contributed by atoms with van der Waals surface area (Å²) >= 11 is 0. The Morgan fingerprint density at radius 2 is 1.60 bits per heavy atom. The van der Waals surface area contributed by atoms with Gasteiger partial charge in [-0.3, -0.25) is 4.79 Å². The lowest BCUT2D eigenvalue weighted by Crippen LogP contribution is -2.53. The van der Waals surface area contributed by atoms with Crippen molar-refractivity contribution in [2.24, 2.45) is 5.73 Å². The second-order valence-corrected chi connectivity index (χ2v) is 4.62. The number of ether oxygens (including phenoxy) is 5. The Bertz CT molecular complexity index is 268. The van der Waals surface area contributed by atoms with E-state index in [4.69, 9.17) is 29.4 Å². The Morgan fingerprint density at radius 1 is 1.05 bits per heavy atom. The maximum absolute atomic E-state index is 11.8. The summed E-state index contributed by atoms with van der Waals surface area (Å²) < 4.78 is 25.6. The number of carbonyl (C=O) groups excluding carboxylic acids is 1. The summed E-state index contributed by atoms with van der Waals surface area (Å²) in [6.45, 7) is 3.62. The fraction of sp³-hybridized carbons (Fsp3) is 0.923. The molecule has 1 heterocycles. The Morgan fingerprint density at radius 3 is 2.20 bits per heavy atom. The van der Waals surface area contributed by atoms with Gasteiger partial charge in [-0.05, 0) is 12.8 Å². The van der Waals surface area contributed by atoms with Crippen LogP contribution in [0.3, 0.4) is 0 Å². The molecule has 2 N–H and O–H groups in total. The third-order valence-corrected chi connectivity index (χ3v) is 3.06. The molecule has 7 heteroatoms. The zero-order valence-electron chi connectivity index (χ0n) is 12.1. The standard InChI is InChI=1S/C13H25NO6/c1-16-6-7-18-8-9-19-10-11-20-12(15)13(14)2-4-17-5-3-13/h2-11,14H2,1H3. The molecule has 7 nitrogen and oxygen atoms in total. The molecule has 0 aromatic heterocycles. The highest BCUT2D eigenvalue weighted by Gasteiger charge is 2.37. The zero-order chi connectivity index (χ0) is 14.7. The second-order valence-electron chi connectivity index (χ2n) is 4.62. The van der Waals surface area contributed by atoms with Gasteiger partial charge in [-0.1, -0.05) is 0 Å². The molecule has 1 aliphatic rings. The largest absolute Gasteiger partial charge is 0.462 e. The van der Waals surface area contributed by atoms with E-state index >= 15 is 0 Å². The summed E-state index contributed by atoms with van der Waals surface area (Å²) in [5, 5.41) is 0. The fourth-order valence-corrected chi connectivity index (χ4v) is 1.74. The molecule has 1 aliphatic heterocycles. The first-order chi connectivity index (χ1) is 9.69. The number of methoxy groups -OCH3 is 1. The van der Waals surface area contributed by atoms with Crippen molar-refractivity contribution < 1.29 is 28.5 Å². The third kappa shape index (κ3) is 6.62. The maximum Gasteiger partial charge on any atom is 0.326 e. The normalized spacial score (nSPS) is 17.9. The van der Waals surface area contributed by atoms with Crippen molar-refractivity contribution in [1.29, 1.82) is 0 Å². The molecule has 1 rings (SSSR count). The van der Waals surface area contributed by atoms with E-state index in [1.54, 1.807) is 7.11 Å². The lowest BCUT2D eigenvalue weighted by Gasteiger charge is -2.30. The molecule has 0 amide bonds. The van der Waals surface area contributed by atoms with Crippen molar-refractivity contribution >= 4 is 5.97 Å². The van der Waals surface area contributed by atoms with Crippen molar-refractivity contribution in [3.05, 3.63) is 0 Å². The van der Waals surface area contributed by atoms with Gasteiger partial charge in [0.1, 0.15) is 12.1 Å². The number of hydrogen-bond acceptors (Lipinski definition) is 7. The van der Waals surface area contributed by atoms with Gasteiger partial charge in [-0.15, -0.1) is 0 Å². The smallest absolute Gasteiger partial charge is 0.326 e. The van der Waals surface area contributed by atoms with Crippen LogP contribution in [0.25, 0.3) is 0 Å². The highest BCUT2D eigenvalue weighted by atomic mass is 16.6. The van der Waals surface area contributed by atoms with Crippen LogP contribution in [0.1, 0.15) is 12.8 Å². The Balaban J connectivity index is 1.96. The number of esters is 1. The van der Waals surface area contributed by atoms with Crippen LogP contribution < -0.4 is 5.73 Å². The van der Waals surface area contributed by atoms with Crippen molar-refractivity contribution in [3.8, 4) is 0 Å². The molecule has 20 heavy (non-hydrogen) atoms. The Kier molecular flexibility index (Phi) is 8.72. The summed E-state index contributed by atoms with van der Waals surface area (Å²) in [6, 6.07) is 0. The summed E-state index contributed by atoms with van der Waals surface area (Å²) in [5.74, 6) is -0.374. The van der Waals surface area contributed by atoms with Gasteiger partial charge in [0.2, 0.25) is 0 Å². The quantitative estimate of drug-likeness (QED) is 0.437. The summed E-state index contributed by atoms with van der Waals surface area (Å²) in [4.78, 5) is 11.8. The van der Waals surface area contributed by atoms with Gasteiger partial charge >= 0.3 is 5.97 Å². The molecule has 0 unspecified atom stereocenters. The Hall–Kier alpha value is -0.730. The van der Waals surface area contributed by atoms with Gasteiger partial charge in [-0.25, -0.2) is 0 Å². The summed E-state index contributed by atoms with van der Waals surface area (Å²) in [6.07, 6.45) is 1.00. The molecule has 0 atom stereocenters. The molecular formula is C13H25NO6. The number of hydrogen-bond donors (Lipinski definition) is 1. The molecule has 0 aromatic carbocycles. The lowest BCUT2D eigenvalue weighted by atomic mass is 9.92. The third-order valence-electron chi connectivity index (χ3n) is 3.06. The topological polar surface area (TPSA) is 89.2 Å². The molecule has 0 bridgehead atoms. The van der Waals surface area contributed by atoms with E-state index in [1.165, 1.54) is 0 Å². The first kappa shape index (κ1) is 17.3. The van der Waals surface area contributed by atoms with Crippen molar-refractivity contribution in [1.82, 2.24) is 0 Å². The van der Waals surface area contributed by atoms with Crippen LogP contribution in [0.15, 0.2) is 0 Å². The maximum atomic E-state index is 11.8. The lowest BCUT2D eigenvalue weighted by molar-refractivity contribution is -0.155. The molecule has 0 radical (unpaired) electrons. The van der Waals surface area contributed by atoms with Gasteiger partial charge in [-0.2, -0.15) is 0 Å². The van der Waals surface area contributed by atoms with Crippen LogP contribution in [-0.2, 0) is 28.5 Å². The molecule has 0 aliphatic carbocycles. The van der Waals surface area contributed by atoms with E-state index in [1.807, 2.05) is 0 Å². The average molecular weight is 291 g/mol. The van der Waals surface area contributed by atoms with E-state index in [0.717, 1.165) is 0 Å². The zero-order valence-corrected chi connectivity index (χ0v) is 12.1. The molecular weight excluding hydrogens is 266 g/mol. The van der Waals surface area contributed by atoms with E-state index in [-0.39, 0.29) is 12.6 Å². The first-order valence-electron chi connectivity index (χ1n) is 6.87. The van der Waals surface area contributed by atoms with E-state index in [9.17, 15) is 4.79 Å². The minimum Gasteiger partial charge on any atom is -0.462 e. The molecule has 0 aromatic rings. The van der Waals surface area contributed by atoms with Crippen molar-refractivity contribution in [3.63, 3.8) is 0 Å².